The van der Waals surface area contributed by atoms with Gasteiger partial charge in [-0.2, -0.15) is 0 Å². The predicted octanol–water partition coefficient (Wildman–Crippen LogP) is 4.61. The van der Waals surface area contributed by atoms with E-state index in [1.807, 2.05) is 12.3 Å². The van der Waals surface area contributed by atoms with E-state index >= 15 is 0 Å². The molecule has 0 heterocycles. The van der Waals surface area contributed by atoms with Crippen LogP contribution in [0.2, 0.25) is 0 Å². The molecule has 0 unspecified atom stereocenters. The van der Waals surface area contributed by atoms with E-state index in [1.165, 1.54) is 0 Å². The van der Waals surface area contributed by atoms with Crippen molar-refractivity contribution in [3.05, 3.63) is 24.4 Å². The van der Waals surface area contributed by atoms with Crippen LogP contribution in [-0.2, 0) is 0 Å². The van der Waals surface area contributed by atoms with Gasteiger partial charge in [0.1, 0.15) is 0 Å². The lowest BCUT2D eigenvalue weighted by atomic mass is 9.88. The third-order valence-electron chi connectivity index (χ3n) is 2.59. The van der Waals surface area contributed by atoms with Gasteiger partial charge in [-0.3, -0.25) is 4.99 Å². The first-order valence-electron chi connectivity index (χ1n) is 5.46. The molecule has 86 valence electrons. The quantitative estimate of drug-likeness (QED) is 0.463. The number of hydrogen-bond acceptors (Lipinski definition) is 1. The highest BCUT2D eigenvalue weighted by molar-refractivity contribution is 5.87. The number of aliphatic imine (C=N–C) groups is 1. The third kappa shape index (κ3) is 5.56. The Balaban J connectivity index is 4.53. The van der Waals surface area contributed by atoms with Crippen molar-refractivity contribution in [3.8, 4) is 0 Å². The summed E-state index contributed by atoms with van der Waals surface area (Å²) in [5.74, 6) is 0. The van der Waals surface area contributed by atoms with Gasteiger partial charge in [0.25, 0.3) is 0 Å². The lowest BCUT2D eigenvalue weighted by Gasteiger charge is -2.19. The van der Waals surface area contributed by atoms with Crippen molar-refractivity contribution < 1.29 is 0 Å². The largest absolute Gasteiger partial charge is 0.265 e. The molecule has 0 saturated heterocycles. The first-order chi connectivity index (χ1) is 6.55. The van der Waals surface area contributed by atoms with Crippen molar-refractivity contribution in [1.82, 2.24) is 0 Å². The van der Waals surface area contributed by atoms with E-state index in [1.54, 1.807) is 0 Å². The zero-order chi connectivity index (χ0) is 12.3. The van der Waals surface area contributed by atoms with Gasteiger partial charge in [0.15, 0.2) is 0 Å². The standard InChI is InChI=1S/C14H25N/c1-11(13(3,4)5)9-10-15-12(2)14(6,7)8/h9-10H,1H2,2-8H3/b10-9-,15-12?. The van der Waals surface area contributed by atoms with E-state index in [4.69, 9.17) is 0 Å². The average molecular weight is 207 g/mol. The van der Waals surface area contributed by atoms with Crippen LogP contribution >= 0.6 is 0 Å². The minimum absolute atomic E-state index is 0.127. The summed E-state index contributed by atoms with van der Waals surface area (Å²) in [5.41, 5.74) is 2.52. The van der Waals surface area contributed by atoms with Gasteiger partial charge in [-0.15, -0.1) is 0 Å². The van der Waals surface area contributed by atoms with E-state index < -0.39 is 0 Å². The minimum Gasteiger partial charge on any atom is -0.265 e. The third-order valence-corrected chi connectivity index (χ3v) is 2.59. The zero-order valence-electron chi connectivity index (χ0n) is 11.3. The van der Waals surface area contributed by atoms with Gasteiger partial charge in [-0.1, -0.05) is 48.1 Å². The Kier molecular flexibility index (Phi) is 4.51. The van der Waals surface area contributed by atoms with Crippen LogP contribution in [0.3, 0.4) is 0 Å². The summed E-state index contributed by atoms with van der Waals surface area (Å²) in [6.07, 6.45) is 3.85. The maximum Gasteiger partial charge on any atom is 0.0270 e. The SMILES string of the molecule is C=C(/C=C\N=C(C)C(C)(C)C)C(C)(C)C. The normalized spacial score (nSPS) is 14.7. The molecule has 0 atom stereocenters. The molecule has 0 aromatic rings. The fraction of sp³-hybridized carbons (Fsp3) is 0.643. The smallest absolute Gasteiger partial charge is 0.0270 e. The van der Waals surface area contributed by atoms with Crippen molar-refractivity contribution in [2.75, 3.05) is 0 Å². The fourth-order valence-corrected chi connectivity index (χ4v) is 0.683. The van der Waals surface area contributed by atoms with Gasteiger partial charge >= 0.3 is 0 Å². The Bertz CT molecular complexity index is 279. The van der Waals surface area contributed by atoms with Crippen molar-refractivity contribution in [2.24, 2.45) is 15.8 Å². The summed E-state index contributed by atoms with van der Waals surface area (Å²) in [6.45, 7) is 19.0. The van der Waals surface area contributed by atoms with E-state index in [0.29, 0.717) is 0 Å². The first kappa shape index (κ1) is 14.2. The molecule has 0 bridgehead atoms. The molecule has 15 heavy (non-hydrogen) atoms. The second-order valence-electron chi connectivity index (χ2n) is 6.06. The molecular formula is C14H25N. The van der Waals surface area contributed by atoms with E-state index in [9.17, 15) is 0 Å². The molecule has 0 aromatic heterocycles. The summed E-state index contributed by atoms with van der Waals surface area (Å²) in [5, 5.41) is 0. The van der Waals surface area contributed by atoms with Crippen LogP contribution in [-0.4, -0.2) is 5.71 Å². The van der Waals surface area contributed by atoms with Crippen molar-refractivity contribution >= 4 is 5.71 Å². The Morgan fingerprint density at radius 3 is 1.80 bits per heavy atom. The molecule has 0 spiro atoms. The molecule has 0 aromatic carbocycles. The van der Waals surface area contributed by atoms with Gasteiger partial charge in [0.05, 0.1) is 0 Å². The molecule has 0 aliphatic rings. The predicted molar refractivity (Wildman–Crippen MR) is 70.3 cm³/mol. The monoisotopic (exact) mass is 207 g/mol. The van der Waals surface area contributed by atoms with Crippen LogP contribution in [0.15, 0.2) is 29.4 Å². The van der Waals surface area contributed by atoms with E-state index in [0.717, 1.165) is 11.3 Å². The number of allylic oxidation sites excluding steroid dienone is 2. The highest BCUT2D eigenvalue weighted by Crippen LogP contribution is 2.24. The summed E-state index contributed by atoms with van der Waals surface area (Å²) in [7, 11) is 0. The highest BCUT2D eigenvalue weighted by atomic mass is 14.7. The van der Waals surface area contributed by atoms with Crippen LogP contribution in [0.5, 0.6) is 0 Å². The number of nitrogens with zero attached hydrogens (tertiary/aromatic N) is 1. The van der Waals surface area contributed by atoms with Gasteiger partial charge in [0, 0.05) is 11.9 Å². The lowest BCUT2D eigenvalue weighted by Crippen LogP contribution is -2.16. The maximum absolute atomic E-state index is 4.42. The Morgan fingerprint density at radius 1 is 1.00 bits per heavy atom. The van der Waals surface area contributed by atoms with Gasteiger partial charge in [0.2, 0.25) is 0 Å². The van der Waals surface area contributed by atoms with E-state index in [-0.39, 0.29) is 10.8 Å². The van der Waals surface area contributed by atoms with Gasteiger partial charge in [-0.25, -0.2) is 0 Å². The number of rotatable bonds is 2. The Morgan fingerprint density at radius 2 is 1.47 bits per heavy atom. The highest BCUT2D eigenvalue weighted by Gasteiger charge is 2.14. The summed E-state index contributed by atoms with van der Waals surface area (Å²) >= 11 is 0. The topological polar surface area (TPSA) is 12.4 Å². The first-order valence-corrected chi connectivity index (χ1v) is 5.46. The summed E-state index contributed by atoms with van der Waals surface area (Å²) in [4.78, 5) is 4.42. The van der Waals surface area contributed by atoms with Crippen LogP contribution < -0.4 is 0 Å². The van der Waals surface area contributed by atoms with Crippen molar-refractivity contribution in [3.63, 3.8) is 0 Å². The van der Waals surface area contributed by atoms with Crippen LogP contribution in [0, 0.1) is 10.8 Å². The molecule has 0 fully saturated rings. The van der Waals surface area contributed by atoms with Gasteiger partial charge in [-0.05, 0) is 29.4 Å². The second kappa shape index (κ2) is 4.78. The minimum atomic E-state index is 0.127. The molecule has 0 amide bonds. The summed E-state index contributed by atoms with van der Waals surface area (Å²) < 4.78 is 0. The molecule has 1 nitrogen and oxygen atoms in total. The maximum atomic E-state index is 4.42. The van der Waals surface area contributed by atoms with Crippen molar-refractivity contribution in [1.29, 1.82) is 0 Å². The molecule has 0 radical (unpaired) electrons. The average Bonchev–Trinajstić information content (AvgIpc) is 2.00. The summed E-state index contributed by atoms with van der Waals surface area (Å²) in [6, 6.07) is 0. The Labute approximate surface area is 95.0 Å². The molecule has 0 N–H and O–H groups in total. The van der Waals surface area contributed by atoms with Gasteiger partial charge < -0.3 is 0 Å². The molecule has 0 aliphatic heterocycles. The molecule has 0 aliphatic carbocycles. The molecule has 1 heteroatoms. The van der Waals surface area contributed by atoms with Crippen molar-refractivity contribution in [2.45, 2.75) is 48.5 Å². The molecular weight excluding hydrogens is 182 g/mol. The fourth-order valence-electron chi connectivity index (χ4n) is 0.683. The number of hydrogen-bond donors (Lipinski definition) is 0. The second-order valence-corrected chi connectivity index (χ2v) is 6.06. The van der Waals surface area contributed by atoms with Crippen LogP contribution in [0.1, 0.15) is 48.5 Å². The lowest BCUT2D eigenvalue weighted by molar-refractivity contribution is 0.519. The van der Waals surface area contributed by atoms with Crippen LogP contribution in [0.25, 0.3) is 0 Å². The van der Waals surface area contributed by atoms with Crippen LogP contribution in [0.4, 0.5) is 0 Å². The van der Waals surface area contributed by atoms with E-state index in [2.05, 4.69) is 60.0 Å². The zero-order valence-corrected chi connectivity index (χ0v) is 11.3. The molecule has 0 rings (SSSR count). The Hall–Kier alpha value is -0.850. The molecule has 0 saturated carbocycles.